The summed E-state index contributed by atoms with van der Waals surface area (Å²) in [6.45, 7) is 0.219. The lowest BCUT2D eigenvalue weighted by Crippen LogP contribution is -2.35. The Bertz CT molecular complexity index is 919. The molecule has 0 spiro atoms. The average Bonchev–Trinajstić information content (AvgIpc) is 3.25. The summed E-state index contributed by atoms with van der Waals surface area (Å²) in [6.07, 6.45) is 3.51. The standard InChI is InChI=1S/C19H22N6O3/c1-24-16(21-22-17(24)12-6-5-7-12)11-20-18(26)14-10-15(19(27)28)25(23-14)13-8-3-2-4-9-13/h2-4,8-9,12,15H,5-7,10-11H2,1H3,(H,20,26)(H,27,28). The van der Waals surface area contributed by atoms with E-state index < -0.39 is 17.9 Å². The molecule has 2 N–H and O–H groups in total. The monoisotopic (exact) mass is 382 g/mol. The smallest absolute Gasteiger partial charge is 0.328 e. The van der Waals surface area contributed by atoms with Gasteiger partial charge in [-0.1, -0.05) is 24.6 Å². The van der Waals surface area contributed by atoms with Crippen LogP contribution in [0, 0.1) is 0 Å². The zero-order chi connectivity index (χ0) is 19.7. The Balaban J connectivity index is 1.44. The maximum Gasteiger partial charge on any atom is 0.328 e. The van der Waals surface area contributed by atoms with Crippen LogP contribution < -0.4 is 10.3 Å². The molecule has 2 aromatic rings. The van der Waals surface area contributed by atoms with Gasteiger partial charge in [-0.25, -0.2) is 4.79 Å². The lowest BCUT2D eigenvalue weighted by Gasteiger charge is -2.24. The lowest BCUT2D eigenvalue weighted by atomic mass is 9.85. The minimum absolute atomic E-state index is 0.0438. The molecular weight excluding hydrogens is 360 g/mol. The van der Waals surface area contributed by atoms with E-state index in [1.807, 2.05) is 17.7 Å². The van der Waals surface area contributed by atoms with Crippen LogP contribution >= 0.6 is 0 Å². The SMILES string of the molecule is Cn1c(CNC(=O)C2=NN(c3ccccc3)C(C(=O)O)C2)nnc1C1CCC1. The van der Waals surface area contributed by atoms with Crippen LogP contribution in [0.1, 0.15) is 43.3 Å². The van der Waals surface area contributed by atoms with Crippen molar-refractivity contribution in [2.75, 3.05) is 5.01 Å². The molecule has 1 atom stereocenters. The molecule has 4 rings (SSSR count). The molecule has 9 nitrogen and oxygen atoms in total. The van der Waals surface area contributed by atoms with Crippen LogP contribution in [0.2, 0.25) is 0 Å². The summed E-state index contributed by atoms with van der Waals surface area (Å²) in [6, 6.07) is 8.07. The third-order valence-corrected chi connectivity index (χ3v) is 5.35. The van der Waals surface area contributed by atoms with Gasteiger partial charge in [0.2, 0.25) is 0 Å². The van der Waals surface area contributed by atoms with Crippen molar-refractivity contribution in [2.24, 2.45) is 12.1 Å². The largest absolute Gasteiger partial charge is 0.480 e. The summed E-state index contributed by atoms with van der Waals surface area (Å²) in [4.78, 5) is 24.2. The first-order valence-corrected chi connectivity index (χ1v) is 9.35. The number of hydrogen-bond acceptors (Lipinski definition) is 6. The minimum Gasteiger partial charge on any atom is -0.480 e. The molecule has 1 unspecified atom stereocenters. The van der Waals surface area contributed by atoms with E-state index in [4.69, 9.17) is 0 Å². The second-order valence-electron chi connectivity index (χ2n) is 7.13. The van der Waals surface area contributed by atoms with Crippen LogP contribution in [0.15, 0.2) is 35.4 Å². The summed E-state index contributed by atoms with van der Waals surface area (Å²) in [5, 5.41) is 26.4. The Hall–Kier alpha value is -3.23. The molecule has 1 amide bonds. The predicted molar refractivity (Wildman–Crippen MR) is 102 cm³/mol. The minimum atomic E-state index is -1.02. The molecule has 0 saturated heterocycles. The van der Waals surface area contributed by atoms with E-state index in [2.05, 4.69) is 20.6 Å². The van der Waals surface area contributed by atoms with Gasteiger partial charge in [-0.2, -0.15) is 5.10 Å². The van der Waals surface area contributed by atoms with Crippen LogP contribution in [-0.4, -0.2) is 43.5 Å². The number of carboxylic acid groups (broad SMARTS) is 1. The van der Waals surface area contributed by atoms with Crippen LogP contribution in [-0.2, 0) is 23.2 Å². The number of nitrogens with zero attached hydrogens (tertiary/aromatic N) is 5. The van der Waals surface area contributed by atoms with Crippen molar-refractivity contribution in [1.29, 1.82) is 0 Å². The molecule has 1 aliphatic carbocycles. The van der Waals surface area contributed by atoms with E-state index in [-0.39, 0.29) is 18.7 Å². The fraction of sp³-hybridized carbons (Fsp3) is 0.421. The molecular formula is C19H22N6O3. The number of anilines is 1. The maximum absolute atomic E-state index is 12.6. The van der Waals surface area contributed by atoms with Gasteiger partial charge in [0, 0.05) is 19.4 Å². The van der Waals surface area contributed by atoms with Crippen molar-refractivity contribution in [3.05, 3.63) is 42.0 Å². The molecule has 28 heavy (non-hydrogen) atoms. The third-order valence-electron chi connectivity index (χ3n) is 5.35. The number of aliphatic carboxylic acids is 1. The van der Waals surface area contributed by atoms with E-state index in [1.54, 1.807) is 24.3 Å². The molecule has 1 fully saturated rings. The second-order valence-corrected chi connectivity index (χ2v) is 7.13. The Morgan fingerprint density at radius 1 is 1.21 bits per heavy atom. The van der Waals surface area contributed by atoms with Gasteiger partial charge in [-0.3, -0.25) is 9.80 Å². The van der Waals surface area contributed by atoms with Gasteiger partial charge in [-0.15, -0.1) is 10.2 Å². The van der Waals surface area contributed by atoms with Gasteiger partial charge in [0.1, 0.15) is 11.5 Å². The number of hydrazone groups is 1. The van der Waals surface area contributed by atoms with Crippen LogP contribution in [0.4, 0.5) is 5.69 Å². The molecule has 9 heteroatoms. The molecule has 1 aromatic heterocycles. The number of hydrogen-bond donors (Lipinski definition) is 2. The van der Waals surface area contributed by atoms with E-state index >= 15 is 0 Å². The number of carbonyl (C=O) groups excluding carboxylic acids is 1. The molecule has 1 aromatic carbocycles. The Morgan fingerprint density at radius 3 is 2.61 bits per heavy atom. The van der Waals surface area contributed by atoms with Crippen molar-refractivity contribution in [2.45, 2.75) is 44.2 Å². The molecule has 1 aliphatic heterocycles. The topological polar surface area (TPSA) is 113 Å². The van der Waals surface area contributed by atoms with E-state index in [1.165, 1.54) is 11.4 Å². The molecule has 1 saturated carbocycles. The number of para-hydroxylation sites is 1. The quantitative estimate of drug-likeness (QED) is 0.781. The summed E-state index contributed by atoms with van der Waals surface area (Å²) in [5.74, 6) is 0.669. The van der Waals surface area contributed by atoms with Crippen molar-refractivity contribution in [1.82, 2.24) is 20.1 Å². The number of amides is 1. The highest BCUT2D eigenvalue weighted by Gasteiger charge is 2.36. The molecule has 146 valence electrons. The first-order valence-electron chi connectivity index (χ1n) is 9.35. The van der Waals surface area contributed by atoms with Crippen molar-refractivity contribution < 1.29 is 14.7 Å². The summed E-state index contributed by atoms with van der Waals surface area (Å²) in [5.41, 5.74) is 0.828. The number of carbonyl (C=O) groups is 2. The number of aromatic nitrogens is 3. The maximum atomic E-state index is 12.6. The van der Waals surface area contributed by atoms with E-state index in [0.717, 1.165) is 18.7 Å². The van der Waals surface area contributed by atoms with E-state index in [9.17, 15) is 14.7 Å². The van der Waals surface area contributed by atoms with Gasteiger partial charge in [-0.05, 0) is 25.0 Å². The Labute approximate surface area is 162 Å². The highest BCUT2D eigenvalue weighted by atomic mass is 16.4. The Kier molecular flexibility index (Phi) is 4.81. The first kappa shape index (κ1) is 18.1. The third kappa shape index (κ3) is 3.35. The van der Waals surface area contributed by atoms with Gasteiger partial charge in [0.15, 0.2) is 11.9 Å². The molecule has 2 aliphatic rings. The number of rotatable bonds is 6. The van der Waals surface area contributed by atoms with Crippen LogP contribution in [0.5, 0.6) is 0 Å². The highest BCUT2D eigenvalue weighted by Crippen LogP contribution is 2.35. The summed E-state index contributed by atoms with van der Waals surface area (Å²) >= 11 is 0. The highest BCUT2D eigenvalue weighted by molar-refractivity contribution is 6.40. The number of benzene rings is 1. The van der Waals surface area contributed by atoms with Crippen molar-refractivity contribution in [3.63, 3.8) is 0 Å². The zero-order valence-electron chi connectivity index (χ0n) is 15.6. The van der Waals surface area contributed by atoms with Crippen LogP contribution in [0.25, 0.3) is 0 Å². The zero-order valence-corrected chi connectivity index (χ0v) is 15.6. The van der Waals surface area contributed by atoms with Crippen LogP contribution in [0.3, 0.4) is 0 Å². The van der Waals surface area contributed by atoms with Crippen molar-refractivity contribution in [3.8, 4) is 0 Å². The average molecular weight is 382 g/mol. The predicted octanol–water partition coefficient (Wildman–Crippen LogP) is 1.42. The van der Waals surface area contributed by atoms with Gasteiger partial charge < -0.3 is 15.0 Å². The van der Waals surface area contributed by atoms with Gasteiger partial charge in [0.05, 0.1) is 12.2 Å². The molecule has 0 radical (unpaired) electrons. The second kappa shape index (κ2) is 7.41. The fourth-order valence-electron chi connectivity index (χ4n) is 3.47. The number of nitrogens with one attached hydrogen (secondary N) is 1. The summed E-state index contributed by atoms with van der Waals surface area (Å²) in [7, 11) is 1.90. The number of carboxylic acids is 1. The van der Waals surface area contributed by atoms with Gasteiger partial charge >= 0.3 is 5.97 Å². The lowest BCUT2D eigenvalue weighted by molar-refractivity contribution is -0.138. The molecule has 2 heterocycles. The van der Waals surface area contributed by atoms with E-state index in [0.29, 0.717) is 17.4 Å². The van der Waals surface area contributed by atoms with Gasteiger partial charge in [0.25, 0.3) is 5.91 Å². The molecule has 0 bridgehead atoms. The first-order chi connectivity index (χ1) is 13.5. The fourth-order valence-corrected chi connectivity index (χ4v) is 3.47. The van der Waals surface area contributed by atoms with Crippen molar-refractivity contribution >= 4 is 23.3 Å². The summed E-state index contributed by atoms with van der Waals surface area (Å²) < 4.78 is 1.93. The normalized spacial score (nSPS) is 19.2. The Morgan fingerprint density at radius 2 is 1.96 bits per heavy atom.